The number of para-hydroxylation sites is 1. The molecule has 3 rings (SSSR count). The molecule has 1 aliphatic heterocycles. The molecular weight excluding hydrogens is 270 g/mol. The van der Waals surface area contributed by atoms with E-state index in [1.165, 1.54) is 6.07 Å². The molecule has 1 aromatic carbocycles. The van der Waals surface area contributed by atoms with Gasteiger partial charge in [0.25, 0.3) is 0 Å². The Kier molecular flexibility index (Phi) is 3.42. The molecule has 2 atom stereocenters. The number of phenolic OH excluding ortho intramolecular Hbond substituents is 2. The van der Waals surface area contributed by atoms with Crippen LogP contribution in [0.1, 0.15) is 19.8 Å². The molecule has 2 aromatic rings. The summed E-state index contributed by atoms with van der Waals surface area (Å²) in [6.07, 6.45) is 2.01. The van der Waals surface area contributed by atoms with Gasteiger partial charge in [0.2, 0.25) is 5.95 Å². The Morgan fingerprint density at radius 3 is 3.00 bits per heavy atom. The molecule has 2 heterocycles. The van der Waals surface area contributed by atoms with Crippen LogP contribution in [-0.4, -0.2) is 44.0 Å². The predicted molar refractivity (Wildman–Crippen MR) is 79.2 cm³/mol. The molecule has 21 heavy (non-hydrogen) atoms. The highest BCUT2D eigenvalue weighted by atomic mass is 16.3. The van der Waals surface area contributed by atoms with Crippen molar-refractivity contribution in [2.75, 3.05) is 11.4 Å². The van der Waals surface area contributed by atoms with Gasteiger partial charge in [0.05, 0.1) is 5.56 Å². The number of benzene rings is 1. The van der Waals surface area contributed by atoms with Crippen molar-refractivity contribution in [3.8, 4) is 22.9 Å². The number of piperidine rings is 1. The third-order valence-corrected chi connectivity index (χ3v) is 4.05. The molecule has 112 valence electrons. The van der Waals surface area contributed by atoms with Crippen molar-refractivity contribution in [1.82, 2.24) is 15.2 Å². The second kappa shape index (κ2) is 5.25. The highest BCUT2D eigenvalue weighted by Crippen LogP contribution is 2.35. The fourth-order valence-corrected chi connectivity index (χ4v) is 2.68. The third-order valence-electron chi connectivity index (χ3n) is 4.05. The van der Waals surface area contributed by atoms with Crippen molar-refractivity contribution in [3.63, 3.8) is 0 Å². The monoisotopic (exact) mass is 289 g/mol. The van der Waals surface area contributed by atoms with E-state index in [4.69, 9.17) is 5.73 Å². The molecule has 1 fully saturated rings. The number of H-pyrrole nitrogens is 1. The number of hydrogen-bond acceptors (Lipinski definition) is 6. The van der Waals surface area contributed by atoms with Gasteiger partial charge in [-0.05, 0) is 31.9 Å². The molecule has 7 nitrogen and oxygen atoms in total. The minimum absolute atomic E-state index is 0.106. The summed E-state index contributed by atoms with van der Waals surface area (Å²) < 4.78 is 0. The lowest BCUT2D eigenvalue weighted by molar-refractivity contribution is 0.405. The molecule has 1 aromatic heterocycles. The van der Waals surface area contributed by atoms with Gasteiger partial charge in [-0.15, -0.1) is 5.10 Å². The summed E-state index contributed by atoms with van der Waals surface area (Å²) in [5, 5.41) is 26.5. The van der Waals surface area contributed by atoms with E-state index in [0.29, 0.717) is 17.3 Å². The highest BCUT2D eigenvalue weighted by molar-refractivity contribution is 5.68. The van der Waals surface area contributed by atoms with Crippen LogP contribution in [0.2, 0.25) is 0 Å². The van der Waals surface area contributed by atoms with Crippen LogP contribution in [-0.2, 0) is 0 Å². The number of anilines is 1. The number of aromatic amines is 1. The fourth-order valence-electron chi connectivity index (χ4n) is 2.68. The molecule has 2 unspecified atom stereocenters. The highest BCUT2D eigenvalue weighted by Gasteiger charge is 2.28. The van der Waals surface area contributed by atoms with Gasteiger partial charge >= 0.3 is 0 Å². The maximum absolute atomic E-state index is 9.89. The molecule has 7 heteroatoms. The largest absolute Gasteiger partial charge is 0.504 e. The Labute approximate surface area is 122 Å². The van der Waals surface area contributed by atoms with Crippen molar-refractivity contribution in [2.45, 2.75) is 31.8 Å². The zero-order chi connectivity index (χ0) is 15.0. The van der Waals surface area contributed by atoms with Gasteiger partial charge in [0, 0.05) is 18.6 Å². The number of phenols is 2. The van der Waals surface area contributed by atoms with Crippen molar-refractivity contribution >= 4 is 5.95 Å². The summed E-state index contributed by atoms with van der Waals surface area (Å²) in [6, 6.07) is 5.01. The lowest BCUT2D eigenvalue weighted by Gasteiger charge is -2.36. The van der Waals surface area contributed by atoms with Gasteiger partial charge in [-0.3, -0.25) is 5.10 Å². The Bertz CT molecular complexity index is 642. The first-order valence-electron chi connectivity index (χ1n) is 7.04. The van der Waals surface area contributed by atoms with Crippen LogP contribution < -0.4 is 10.6 Å². The molecule has 0 amide bonds. The summed E-state index contributed by atoms with van der Waals surface area (Å²) in [4.78, 5) is 6.49. The van der Waals surface area contributed by atoms with Crippen molar-refractivity contribution in [1.29, 1.82) is 0 Å². The number of nitrogens with one attached hydrogen (secondary N) is 1. The first-order valence-corrected chi connectivity index (χ1v) is 7.04. The molecule has 1 aliphatic rings. The summed E-state index contributed by atoms with van der Waals surface area (Å²) in [7, 11) is 0. The van der Waals surface area contributed by atoms with E-state index in [1.807, 2.05) is 0 Å². The fraction of sp³-hybridized carbons (Fsp3) is 0.429. The molecule has 0 aliphatic carbocycles. The van der Waals surface area contributed by atoms with E-state index >= 15 is 0 Å². The molecular formula is C14H19N5O2. The van der Waals surface area contributed by atoms with Crippen LogP contribution in [0.4, 0.5) is 5.95 Å². The van der Waals surface area contributed by atoms with Crippen molar-refractivity contribution < 1.29 is 10.2 Å². The van der Waals surface area contributed by atoms with Crippen LogP contribution in [0, 0.1) is 0 Å². The first-order chi connectivity index (χ1) is 10.1. The average molecular weight is 289 g/mol. The Balaban J connectivity index is 1.91. The number of hydrogen-bond donors (Lipinski definition) is 4. The molecule has 0 radical (unpaired) electrons. The van der Waals surface area contributed by atoms with Gasteiger partial charge in [0.15, 0.2) is 17.3 Å². The lowest BCUT2D eigenvalue weighted by Crippen LogP contribution is -2.50. The van der Waals surface area contributed by atoms with Gasteiger partial charge in [0.1, 0.15) is 0 Å². The average Bonchev–Trinajstić information content (AvgIpc) is 2.94. The summed E-state index contributed by atoms with van der Waals surface area (Å²) in [6.45, 7) is 2.92. The van der Waals surface area contributed by atoms with Crippen LogP contribution >= 0.6 is 0 Å². The Morgan fingerprint density at radius 2 is 2.19 bits per heavy atom. The molecule has 5 N–H and O–H groups in total. The number of nitrogens with two attached hydrogens (primary N) is 1. The van der Waals surface area contributed by atoms with Gasteiger partial charge in [-0.25, -0.2) is 0 Å². The maximum atomic E-state index is 9.89. The van der Waals surface area contributed by atoms with Gasteiger partial charge in [-0.2, -0.15) is 4.98 Å². The van der Waals surface area contributed by atoms with Crippen LogP contribution in [0.5, 0.6) is 11.5 Å². The van der Waals surface area contributed by atoms with E-state index in [2.05, 4.69) is 27.0 Å². The standard InChI is InChI=1S/C14H19N5O2/c1-8-10(15)5-3-7-19(8)14-16-13(17-18-14)9-4-2-6-11(20)12(9)21/h2,4,6,8,10,20-21H,3,5,7,15H2,1H3,(H,16,17,18). The smallest absolute Gasteiger partial charge is 0.245 e. The van der Waals surface area contributed by atoms with E-state index in [9.17, 15) is 10.2 Å². The molecule has 0 spiro atoms. The second-order valence-corrected chi connectivity index (χ2v) is 5.40. The van der Waals surface area contributed by atoms with Gasteiger partial charge in [-0.1, -0.05) is 6.07 Å². The summed E-state index contributed by atoms with van der Waals surface area (Å²) in [5.41, 5.74) is 6.51. The van der Waals surface area contributed by atoms with Crippen LogP contribution in [0.3, 0.4) is 0 Å². The van der Waals surface area contributed by atoms with E-state index in [0.717, 1.165) is 19.4 Å². The summed E-state index contributed by atoms with van der Waals surface area (Å²) >= 11 is 0. The molecule has 1 saturated heterocycles. The minimum Gasteiger partial charge on any atom is -0.504 e. The summed E-state index contributed by atoms with van der Waals surface area (Å²) in [5.74, 6) is 0.600. The van der Waals surface area contributed by atoms with Crippen LogP contribution in [0.25, 0.3) is 11.4 Å². The van der Waals surface area contributed by atoms with E-state index in [-0.39, 0.29) is 23.6 Å². The maximum Gasteiger partial charge on any atom is 0.245 e. The van der Waals surface area contributed by atoms with Crippen molar-refractivity contribution in [2.24, 2.45) is 5.73 Å². The number of aromatic nitrogens is 3. The number of nitrogens with zero attached hydrogens (tertiary/aromatic N) is 3. The Hall–Kier alpha value is -2.28. The number of aromatic hydroxyl groups is 2. The number of rotatable bonds is 2. The zero-order valence-electron chi connectivity index (χ0n) is 11.8. The quantitative estimate of drug-likeness (QED) is 0.618. The lowest BCUT2D eigenvalue weighted by atomic mass is 9.99. The molecule has 0 saturated carbocycles. The predicted octanol–water partition coefficient (Wildman–Crippen LogP) is 1.20. The van der Waals surface area contributed by atoms with E-state index < -0.39 is 0 Å². The first kappa shape index (κ1) is 13.7. The third kappa shape index (κ3) is 2.40. The Morgan fingerprint density at radius 1 is 1.38 bits per heavy atom. The molecule has 0 bridgehead atoms. The zero-order valence-corrected chi connectivity index (χ0v) is 11.8. The minimum atomic E-state index is -0.205. The van der Waals surface area contributed by atoms with E-state index in [1.54, 1.807) is 12.1 Å². The normalized spacial score (nSPS) is 22.5. The van der Waals surface area contributed by atoms with Crippen molar-refractivity contribution in [3.05, 3.63) is 18.2 Å². The SMILES string of the molecule is CC1C(N)CCCN1c1n[nH]c(-c2cccc(O)c2O)n1. The van der Waals surface area contributed by atoms with Gasteiger partial charge < -0.3 is 20.8 Å². The topological polar surface area (TPSA) is 111 Å². The second-order valence-electron chi connectivity index (χ2n) is 5.40. The van der Waals surface area contributed by atoms with Crippen LogP contribution in [0.15, 0.2) is 18.2 Å².